The second-order valence-corrected chi connectivity index (χ2v) is 5.72. The third-order valence-corrected chi connectivity index (χ3v) is 4.32. The van der Waals surface area contributed by atoms with Crippen LogP contribution in [0.15, 0.2) is 28.7 Å². The van der Waals surface area contributed by atoms with Crippen LogP contribution in [0.25, 0.3) is 10.9 Å². The van der Waals surface area contributed by atoms with Crippen molar-refractivity contribution in [2.45, 2.75) is 25.3 Å². The Balaban J connectivity index is 1.98. The van der Waals surface area contributed by atoms with Gasteiger partial charge in [-0.15, -0.1) is 0 Å². The molecule has 94 valence electrons. The number of rotatable bonds is 2. The molecule has 3 nitrogen and oxygen atoms in total. The number of aromatic nitrogens is 1. The van der Waals surface area contributed by atoms with Crippen molar-refractivity contribution < 1.29 is 4.79 Å². The van der Waals surface area contributed by atoms with Gasteiger partial charge in [0.2, 0.25) is 0 Å². The number of hydrogen-bond acceptors (Lipinski definition) is 1. The Hall–Kier alpha value is -1.29. The summed E-state index contributed by atoms with van der Waals surface area (Å²) in [6, 6.07) is 8.34. The first-order valence-electron chi connectivity index (χ1n) is 6.21. The van der Waals surface area contributed by atoms with E-state index in [4.69, 9.17) is 0 Å². The van der Waals surface area contributed by atoms with Crippen LogP contribution in [0.5, 0.6) is 0 Å². The fourth-order valence-electron chi connectivity index (χ4n) is 2.40. The third kappa shape index (κ3) is 1.85. The molecule has 2 aromatic rings. The molecule has 0 unspecified atom stereocenters. The van der Waals surface area contributed by atoms with Crippen LogP contribution in [-0.4, -0.2) is 16.5 Å². The van der Waals surface area contributed by atoms with Crippen LogP contribution in [0, 0.1) is 0 Å². The van der Waals surface area contributed by atoms with Crippen molar-refractivity contribution in [1.82, 2.24) is 9.88 Å². The maximum absolute atomic E-state index is 12.2. The minimum Gasteiger partial charge on any atom is -0.348 e. The lowest BCUT2D eigenvalue weighted by Gasteiger charge is -2.26. The summed E-state index contributed by atoms with van der Waals surface area (Å²) in [7, 11) is 1.93. The smallest absolute Gasteiger partial charge is 0.268 e. The third-order valence-electron chi connectivity index (χ3n) is 3.68. The Labute approximate surface area is 114 Å². The zero-order chi connectivity index (χ0) is 12.7. The molecule has 0 spiro atoms. The Morgan fingerprint density at radius 1 is 1.44 bits per heavy atom. The van der Waals surface area contributed by atoms with Gasteiger partial charge in [0.1, 0.15) is 5.69 Å². The van der Waals surface area contributed by atoms with Gasteiger partial charge < -0.3 is 9.88 Å². The lowest BCUT2D eigenvalue weighted by molar-refractivity contribution is 0.0909. The molecule has 0 saturated heterocycles. The van der Waals surface area contributed by atoms with Crippen molar-refractivity contribution in [1.29, 1.82) is 0 Å². The number of nitrogens with zero attached hydrogens (tertiary/aromatic N) is 1. The summed E-state index contributed by atoms with van der Waals surface area (Å²) in [5, 5.41) is 4.17. The van der Waals surface area contributed by atoms with E-state index in [0.717, 1.165) is 33.9 Å². The predicted octanol–water partition coefficient (Wildman–Crippen LogP) is 3.22. The molecule has 18 heavy (non-hydrogen) atoms. The Morgan fingerprint density at radius 2 is 2.22 bits per heavy atom. The summed E-state index contributed by atoms with van der Waals surface area (Å²) < 4.78 is 2.97. The zero-order valence-corrected chi connectivity index (χ0v) is 11.8. The van der Waals surface area contributed by atoms with Crippen LogP contribution in [0.1, 0.15) is 29.8 Å². The molecule has 1 saturated carbocycles. The highest BCUT2D eigenvalue weighted by Gasteiger charge is 2.22. The molecule has 0 aliphatic heterocycles. The van der Waals surface area contributed by atoms with Crippen LogP contribution < -0.4 is 5.32 Å². The monoisotopic (exact) mass is 306 g/mol. The van der Waals surface area contributed by atoms with Gasteiger partial charge in [0.05, 0.1) is 5.52 Å². The first-order valence-corrected chi connectivity index (χ1v) is 7.01. The summed E-state index contributed by atoms with van der Waals surface area (Å²) in [4.78, 5) is 12.2. The lowest BCUT2D eigenvalue weighted by atomic mass is 9.93. The largest absolute Gasteiger partial charge is 0.348 e. The number of benzene rings is 1. The minimum absolute atomic E-state index is 0.0327. The number of para-hydroxylation sites is 1. The number of carbonyl (C=O) groups is 1. The molecular formula is C14H15BrN2O. The average Bonchev–Trinajstić information content (AvgIpc) is 2.63. The molecular weight excluding hydrogens is 292 g/mol. The highest BCUT2D eigenvalue weighted by molar-refractivity contribution is 9.10. The predicted molar refractivity (Wildman–Crippen MR) is 75.7 cm³/mol. The fourth-order valence-corrected chi connectivity index (χ4v) is 3.04. The molecule has 0 radical (unpaired) electrons. The van der Waals surface area contributed by atoms with Gasteiger partial charge in [-0.3, -0.25) is 4.79 Å². The summed E-state index contributed by atoms with van der Waals surface area (Å²) in [6.07, 6.45) is 3.45. The van der Waals surface area contributed by atoms with E-state index < -0.39 is 0 Å². The van der Waals surface area contributed by atoms with E-state index in [1.165, 1.54) is 6.42 Å². The number of nitrogens with one attached hydrogen (secondary N) is 1. The van der Waals surface area contributed by atoms with E-state index in [9.17, 15) is 4.79 Å². The fraction of sp³-hybridized carbons (Fsp3) is 0.357. The SMILES string of the molecule is Cn1c(C(=O)NC2CCC2)cc2cccc(Br)c21. The van der Waals surface area contributed by atoms with Crippen molar-refractivity contribution >= 4 is 32.7 Å². The van der Waals surface area contributed by atoms with E-state index in [2.05, 4.69) is 21.2 Å². The van der Waals surface area contributed by atoms with Gasteiger partial charge in [0, 0.05) is 22.9 Å². The van der Waals surface area contributed by atoms with Crippen LogP contribution in [0.3, 0.4) is 0 Å². The van der Waals surface area contributed by atoms with E-state index >= 15 is 0 Å². The van der Waals surface area contributed by atoms with Gasteiger partial charge in [0.15, 0.2) is 0 Å². The molecule has 1 aliphatic carbocycles. The number of halogens is 1. The number of aryl methyl sites for hydroxylation is 1. The molecule has 1 aliphatic rings. The van der Waals surface area contributed by atoms with Gasteiger partial charge in [-0.1, -0.05) is 12.1 Å². The lowest BCUT2D eigenvalue weighted by Crippen LogP contribution is -2.40. The second-order valence-electron chi connectivity index (χ2n) is 4.87. The molecule has 0 bridgehead atoms. The van der Waals surface area contributed by atoms with Crippen molar-refractivity contribution in [3.63, 3.8) is 0 Å². The summed E-state index contributed by atoms with van der Waals surface area (Å²) >= 11 is 3.53. The van der Waals surface area contributed by atoms with Gasteiger partial charge >= 0.3 is 0 Å². The Morgan fingerprint density at radius 3 is 2.83 bits per heavy atom. The Kier molecular flexibility index (Phi) is 2.90. The van der Waals surface area contributed by atoms with E-state index in [0.29, 0.717) is 6.04 Å². The first kappa shape index (κ1) is 11.8. The second kappa shape index (κ2) is 4.43. The number of carbonyl (C=O) groups excluding carboxylic acids is 1. The number of fused-ring (bicyclic) bond motifs is 1. The van der Waals surface area contributed by atoms with Crippen molar-refractivity contribution in [2.75, 3.05) is 0 Å². The standard InChI is InChI=1S/C14H15BrN2O/c1-17-12(14(18)16-10-5-3-6-10)8-9-4-2-7-11(15)13(9)17/h2,4,7-8,10H,3,5-6H2,1H3,(H,16,18). The molecule has 4 heteroatoms. The molecule has 1 aromatic heterocycles. The van der Waals surface area contributed by atoms with E-state index in [-0.39, 0.29) is 5.91 Å². The van der Waals surface area contributed by atoms with Gasteiger partial charge in [-0.2, -0.15) is 0 Å². The van der Waals surface area contributed by atoms with E-state index in [1.54, 1.807) is 0 Å². The van der Waals surface area contributed by atoms with Crippen LogP contribution in [0.4, 0.5) is 0 Å². The van der Waals surface area contributed by atoms with E-state index in [1.807, 2.05) is 35.9 Å². The normalized spacial score (nSPS) is 15.7. The van der Waals surface area contributed by atoms with Gasteiger partial charge in [0.25, 0.3) is 5.91 Å². The topological polar surface area (TPSA) is 34.0 Å². The van der Waals surface area contributed by atoms with Crippen molar-refractivity contribution in [2.24, 2.45) is 7.05 Å². The number of amides is 1. The maximum Gasteiger partial charge on any atom is 0.268 e. The van der Waals surface area contributed by atoms with Crippen molar-refractivity contribution in [3.05, 3.63) is 34.4 Å². The molecule has 3 rings (SSSR count). The van der Waals surface area contributed by atoms with Crippen LogP contribution in [-0.2, 0) is 7.05 Å². The van der Waals surface area contributed by atoms with Crippen LogP contribution >= 0.6 is 15.9 Å². The Bertz CT molecular complexity index is 614. The molecule has 1 fully saturated rings. The molecule has 0 atom stereocenters. The van der Waals surface area contributed by atoms with Gasteiger partial charge in [-0.25, -0.2) is 0 Å². The minimum atomic E-state index is 0.0327. The highest BCUT2D eigenvalue weighted by atomic mass is 79.9. The average molecular weight is 307 g/mol. The number of hydrogen-bond donors (Lipinski definition) is 1. The molecule has 1 N–H and O–H groups in total. The highest BCUT2D eigenvalue weighted by Crippen LogP contribution is 2.27. The maximum atomic E-state index is 12.2. The summed E-state index contributed by atoms with van der Waals surface area (Å²) in [6.45, 7) is 0. The quantitative estimate of drug-likeness (QED) is 0.908. The summed E-state index contributed by atoms with van der Waals surface area (Å²) in [5.74, 6) is 0.0327. The summed E-state index contributed by atoms with van der Waals surface area (Å²) in [5.41, 5.74) is 1.79. The van der Waals surface area contributed by atoms with Gasteiger partial charge in [-0.05, 0) is 47.3 Å². The molecule has 1 aromatic carbocycles. The first-order chi connectivity index (χ1) is 8.66. The van der Waals surface area contributed by atoms with Crippen molar-refractivity contribution in [3.8, 4) is 0 Å². The molecule has 1 heterocycles. The zero-order valence-electron chi connectivity index (χ0n) is 10.2. The molecule has 1 amide bonds. The van der Waals surface area contributed by atoms with Crippen LogP contribution in [0.2, 0.25) is 0 Å².